The number of carbonyl (C=O) groups is 1. The molecule has 1 amide bonds. The van der Waals surface area contributed by atoms with Gasteiger partial charge in [0.15, 0.2) is 0 Å². The first kappa shape index (κ1) is 23.9. The summed E-state index contributed by atoms with van der Waals surface area (Å²) < 4.78 is 27.5. The van der Waals surface area contributed by atoms with E-state index in [1.165, 1.54) is 37.3 Å². The van der Waals surface area contributed by atoms with Crippen molar-refractivity contribution in [1.82, 2.24) is 9.80 Å². The number of amides is 1. The molecule has 1 unspecified atom stereocenters. The number of halogens is 2. The van der Waals surface area contributed by atoms with Gasteiger partial charge in [-0.3, -0.25) is 9.69 Å². The highest BCUT2D eigenvalue weighted by molar-refractivity contribution is 5.83. The molecule has 4 fully saturated rings. The SMILES string of the molecule is CC(F)(F)c1cccc(N2CCN(C(=O)C3[C@H]4CN(C5CCC(c6ccccc6)CC5)C[C@@H]34)CC2)c1. The molecule has 2 aromatic carbocycles. The third-order valence-electron chi connectivity index (χ3n) is 9.30. The third kappa shape index (κ3) is 4.65. The van der Waals surface area contributed by atoms with Gasteiger partial charge in [0.05, 0.1) is 0 Å². The number of anilines is 1. The van der Waals surface area contributed by atoms with E-state index in [1.54, 1.807) is 12.1 Å². The summed E-state index contributed by atoms with van der Waals surface area (Å²) in [6.45, 7) is 5.85. The van der Waals surface area contributed by atoms with Crippen molar-refractivity contribution in [3.05, 3.63) is 65.7 Å². The molecule has 0 spiro atoms. The molecule has 2 aliphatic heterocycles. The number of hydrogen-bond acceptors (Lipinski definition) is 3. The van der Waals surface area contributed by atoms with Crippen molar-refractivity contribution in [2.45, 2.75) is 50.5 Å². The van der Waals surface area contributed by atoms with Crippen LogP contribution in [0.15, 0.2) is 54.6 Å². The fourth-order valence-electron chi connectivity index (χ4n) is 7.09. The van der Waals surface area contributed by atoms with Crippen molar-refractivity contribution in [1.29, 1.82) is 0 Å². The number of alkyl halides is 2. The van der Waals surface area contributed by atoms with Crippen LogP contribution in [0.5, 0.6) is 0 Å². The van der Waals surface area contributed by atoms with Crippen LogP contribution in [0.25, 0.3) is 0 Å². The molecule has 6 heteroatoms. The van der Waals surface area contributed by atoms with Crippen molar-refractivity contribution >= 4 is 11.6 Å². The maximum absolute atomic E-state index is 13.7. The normalized spacial score (nSPS) is 30.8. The van der Waals surface area contributed by atoms with E-state index in [4.69, 9.17) is 0 Å². The van der Waals surface area contributed by atoms with E-state index < -0.39 is 5.92 Å². The van der Waals surface area contributed by atoms with Gasteiger partial charge in [-0.1, -0.05) is 42.5 Å². The zero-order valence-corrected chi connectivity index (χ0v) is 21.2. The molecular formula is C30H37F2N3O. The lowest BCUT2D eigenvalue weighted by Crippen LogP contribution is -2.50. The van der Waals surface area contributed by atoms with Gasteiger partial charge in [0.1, 0.15) is 0 Å². The summed E-state index contributed by atoms with van der Waals surface area (Å²) in [4.78, 5) is 20.1. The summed E-state index contributed by atoms with van der Waals surface area (Å²) in [6.07, 6.45) is 5.08. The number of likely N-dealkylation sites (tertiary alicyclic amines) is 1. The molecule has 3 atom stereocenters. The summed E-state index contributed by atoms with van der Waals surface area (Å²) in [5.41, 5.74) is 2.35. The van der Waals surface area contributed by atoms with Gasteiger partial charge in [0.2, 0.25) is 5.91 Å². The van der Waals surface area contributed by atoms with E-state index in [9.17, 15) is 13.6 Å². The van der Waals surface area contributed by atoms with Gasteiger partial charge in [-0.05, 0) is 61.1 Å². The molecule has 192 valence electrons. The lowest BCUT2D eigenvalue weighted by Gasteiger charge is -2.38. The Hall–Kier alpha value is -2.47. The Bertz CT molecular complexity index is 1060. The molecule has 2 saturated carbocycles. The Morgan fingerprint density at radius 1 is 0.861 bits per heavy atom. The van der Waals surface area contributed by atoms with Gasteiger partial charge in [-0.2, -0.15) is 0 Å². The van der Waals surface area contributed by atoms with Crippen molar-refractivity contribution < 1.29 is 13.6 Å². The first-order valence-electron chi connectivity index (χ1n) is 13.7. The van der Waals surface area contributed by atoms with Crippen LogP contribution in [0.3, 0.4) is 0 Å². The number of rotatable bonds is 5. The average Bonchev–Trinajstić information content (AvgIpc) is 3.41. The standard InChI is InChI=1S/C30H37F2N3O/c1-30(31,32)23-8-5-9-25(18-23)33-14-16-34(17-15-33)29(36)28-26-19-35(20-27(26)28)24-12-10-22(11-13-24)21-6-3-2-4-7-21/h2-9,18,22,24,26-28H,10-17,19-20H2,1H3/t22?,24?,26-,27+,28?. The van der Waals surface area contributed by atoms with Crippen molar-refractivity contribution in [3.63, 3.8) is 0 Å². The summed E-state index contributed by atoms with van der Waals surface area (Å²) in [7, 11) is 0. The number of piperidine rings is 1. The van der Waals surface area contributed by atoms with E-state index in [2.05, 4.69) is 40.1 Å². The van der Waals surface area contributed by atoms with Crippen LogP contribution >= 0.6 is 0 Å². The first-order valence-corrected chi connectivity index (χ1v) is 13.7. The minimum absolute atomic E-state index is 0.0439. The summed E-state index contributed by atoms with van der Waals surface area (Å²) in [5.74, 6) is -0.543. The number of hydrogen-bond donors (Lipinski definition) is 0. The Labute approximate surface area is 213 Å². The molecule has 0 radical (unpaired) electrons. The molecule has 2 aromatic rings. The highest BCUT2D eigenvalue weighted by Gasteiger charge is 2.60. The Morgan fingerprint density at radius 3 is 2.17 bits per heavy atom. The molecule has 2 heterocycles. The predicted octanol–water partition coefficient (Wildman–Crippen LogP) is 5.35. The molecule has 2 saturated heterocycles. The number of carbonyl (C=O) groups excluding carboxylic acids is 1. The van der Waals surface area contributed by atoms with Crippen LogP contribution in [-0.4, -0.2) is 61.0 Å². The Kier molecular flexibility index (Phi) is 6.27. The average molecular weight is 494 g/mol. The van der Waals surface area contributed by atoms with Crippen LogP contribution < -0.4 is 4.90 Å². The van der Waals surface area contributed by atoms with Crippen LogP contribution in [0.1, 0.15) is 49.7 Å². The molecular weight excluding hydrogens is 456 g/mol. The topological polar surface area (TPSA) is 26.8 Å². The highest BCUT2D eigenvalue weighted by atomic mass is 19.3. The second-order valence-electron chi connectivity index (χ2n) is 11.5. The molecule has 6 rings (SSSR count). The zero-order valence-electron chi connectivity index (χ0n) is 21.2. The van der Waals surface area contributed by atoms with E-state index in [0.29, 0.717) is 55.9 Å². The van der Waals surface area contributed by atoms with Crippen LogP contribution in [0.2, 0.25) is 0 Å². The second-order valence-corrected chi connectivity index (χ2v) is 11.5. The number of piperazine rings is 1. The molecule has 4 aliphatic rings. The van der Waals surface area contributed by atoms with Crippen molar-refractivity contribution in [3.8, 4) is 0 Å². The molecule has 0 bridgehead atoms. The smallest absolute Gasteiger partial charge is 0.270 e. The zero-order chi connectivity index (χ0) is 24.9. The Morgan fingerprint density at radius 2 is 1.53 bits per heavy atom. The van der Waals surface area contributed by atoms with Crippen LogP contribution in [-0.2, 0) is 10.7 Å². The van der Waals surface area contributed by atoms with Gasteiger partial charge in [-0.15, -0.1) is 0 Å². The van der Waals surface area contributed by atoms with Gasteiger partial charge < -0.3 is 9.80 Å². The quantitative estimate of drug-likeness (QED) is 0.562. The van der Waals surface area contributed by atoms with E-state index >= 15 is 0 Å². The molecule has 0 aromatic heterocycles. The molecule has 4 nitrogen and oxygen atoms in total. The number of nitrogens with zero attached hydrogens (tertiary/aromatic N) is 3. The second kappa shape index (κ2) is 9.44. The third-order valence-corrected chi connectivity index (χ3v) is 9.30. The van der Waals surface area contributed by atoms with E-state index in [1.807, 2.05) is 11.0 Å². The van der Waals surface area contributed by atoms with Crippen molar-refractivity contribution in [2.24, 2.45) is 17.8 Å². The lowest BCUT2D eigenvalue weighted by atomic mass is 9.81. The van der Waals surface area contributed by atoms with Gasteiger partial charge >= 0.3 is 0 Å². The predicted molar refractivity (Wildman–Crippen MR) is 138 cm³/mol. The lowest BCUT2D eigenvalue weighted by molar-refractivity contribution is -0.134. The molecule has 0 N–H and O–H groups in total. The molecule has 36 heavy (non-hydrogen) atoms. The van der Waals surface area contributed by atoms with Gasteiger partial charge in [-0.25, -0.2) is 8.78 Å². The fourth-order valence-corrected chi connectivity index (χ4v) is 7.09. The fraction of sp³-hybridized carbons (Fsp3) is 0.567. The molecule has 2 aliphatic carbocycles. The summed E-state index contributed by atoms with van der Waals surface area (Å²) in [5, 5.41) is 0. The maximum Gasteiger partial charge on any atom is 0.270 e. The van der Waals surface area contributed by atoms with E-state index in [0.717, 1.165) is 25.7 Å². The summed E-state index contributed by atoms with van der Waals surface area (Å²) in [6, 6.07) is 18.3. The van der Waals surface area contributed by atoms with Crippen LogP contribution in [0.4, 0.5) is 14.5 Å². The van der Waals surface area contributed by atoms with E-state index in [-0.39, 0.29) is 11.5 Å². The first-order chi connectivity index (χ1) is 17.4. The monoisotopic (exact) mass is 493 g/mol. The van der Waals surface area contributed by atoms with Gasteiger partial charge in [0.25, 0.3) is 5.92 Å². The van der Waals surface area contributed by atoms with Crippen molar-refractivity contribution in [2.75, 3.05) is 44.2 Å². The minimum atomic E-state index is -2.84. The largest absolute Gasteiger partial charge is 0.368 e. The van der Waals surface area contributed by atoms with Crippen LogP contribution in [0, 0.1) is 17.8 Å². The summed E-state index contributed by atoms with van der Waals surface area (Å²) >= 11 is 0. The number of fused-ring (bicyclic) bond motifs is 1. The minimum Gasteiger partial charge on any atom is -0.368 e. The highest BCUT2D eigenvalue weighted by Crippen LogP contribution is 2.54. The number of benzene rings is 2. The Balaban J connectivity index is 0.968. The van der Waals surface area contributed by atoms with Gasteiger partial charge in [0, 0.05) is 69.4 Å². The maximum atomic E-state index is 13.7.